The largest absolute Gasteiger partial charge is 0.361 e. The van der Waals surface area contributed by atoms with Crippen LogP contribution in [0.4, 0.5) is 0 Å². The average Bonchev–Trinajstić information content (AvgIpc) is 2.03. The van der Waals surface area contributed by atoms with Gasteiger partial charge in [-0.2, -0.15) is 0 Å². The Hall–Kier alpha value is -0.313. The highest BCUT2D eigenvalue weighted by atomic mass is 35.5. The fourth-order valence-corrected chi connectivity index (χ4v) is 1.12. The minimum absolute atomic E-state index is 0.237. The zero-order valence-corrected chi connectivity index (χ0v) is 7.77. The summed E-state index contributed by atoms with van der Waals surface area (Å²) in [5.74, 6) is 0. The minimum Gasteiger partial charge on any atom is -0.361 e. The maximum atomic E-state index is 5.37. The van der Waals surface area contributed by atoms with Crippen molar-refractivity contribution in [3.8, 4) is 0 Å². The summed E-state index contributed by atoms with van der Waals surface area (Å²) in [6.07, 6.45) is 0. The van der Waals surface area contributed by atoms with Crippen molar-refractivity contribution < 1.29 is 4.74 Å². The molecular weight excluding hydrogens is 176 g/mol. The Bertz CT molecular complexity index is 227. The molecule has 0 heterocycles. The number of benzene rings is 1. The molecule has 57 valence electrons. The van der Waals surface area contributed by atoms with E-state index in [-0.39, 0.29) is 6.07 Å². The van der Waals surface area contributed by atoms with E-state index in [1.54, 1.807) is 0 Å². The first-order valence-electron chi connectivity index (χ1n) is 3.28. The Morgan fingerprint density at radius 1 is 1.36 bits per heavy atom. The summed E-state index contributed by atoms with van der Waals surface area (Å²) in [4.78, 5) is 0. The summed E-state index contributed by atoms with van der Waals surface area (Å²) in [5, 5.41) is 1.05. The molecule has 3 radical (unpaired) electrons. The second-order valence-corrected chi connectivity index (χ2v) is 2.87. The van der Waals surface area contributed by atoms with Gasteiger partial charge >= 0.3 is 0 Å². The number of ether oxygens (including phenoxy) is 1. The molecule has 0 bridgehead atoms. The van der Waals surface area contributed by atoms with Gasteiger partial charge in [-0.1, -0.05) is 41.1 Å². The first-order valence-corrected chi connectivity index (χ1v) is 4.31. The van der Waals surface area contributed by atoms with Crippen LogP contribution in [0.15, 0.2) is 24.3 Å². The van der Waals surface area contributed by atoms with Crippen LogP contribution >= 0.6 is 11.6 Å². The van der Waals surface area contributed by atoms with Gasteiger partial charge in [-0.05, 0) is 5.56 Å². The third-order valence-electron chi connectivity index (χ3n) is 1.35. The minimum atomic E-state index is 0.237. The standard InChI is InChI=1S/C8H8ClOSi/c9-6-10-5-7-3-1-2-4-8(7)11/h1-4H,5-6H2. The molecule has 1 aromatic rings. The van der Waals surface area contributed by atoms with E-state index in [0.29, 0.717) is 6.61 Å². The molecular formula is C8H8ClOSi. The molecule has 0 aliphatic carbocycles. The van der Waals surface area contributed by atoms with Gasteiger partial charge in [0.05, 0.1) is 16.8 Å². The number of halogens is 1. The highest BCUT2D eigenvalue weighted by molar-refractivity contribution is 6.33. The number of hydrogen-bond donors (Lipinski definition) is 0. The molecule has 0 saturated carbocycles. The molecule has 1 nitrogen and oxygen atoms in total. The molecule has 0 aromatic heterocycles. The SMILES string of the molecule is [Si]c1ccccc1COCCl. The molecule has 1 rings (SSSR count). The summed E-state index contributed by atoms with van der Waals surface area (Å²) < 4.78 is 5.03. The molecule has 3 heteroatoms. The predicted molar refractivity (Wildman–Crippen MR) is 47.3 cm³/mol. The zero-order valence-electron chi connectivity index (χ0n) is 6.01. The lowest BCUT2D eigenvalue weighted by Gasteiger charge is -2.03. The number of rotatable bonds is 3. The van der Waals surface area contributed by atoms with Crippen LogP contribution in [-0.2, 0) is 11.3 Å². The molecule has 0 N–H and O–H groups in total. The van der Waals surface area contributed by atoms with Crippen LogP contribution in [0.25, 0.3) is 0 Å². The van der Waals surface area contributed by atoms with Crippen LogP contribution in [0.1, 0.15) is 5.56 Å². The topological polar surface area (TPSA) is 9.23 Å². The van der Waals surface area contributed by atoms with Crippen molar-refractivity contribution in [3.05, 3.63) is 29.8 Å². The summed E-state index contributed by atoms with van der Waals surface area (Å²) in [7, 11) is 3.45. The first-order chi connectivity index (χ1) is 5.34. The number of alkyl halides is 1. The lowest BCUT2D eigenvalue weighted by Crippen LogP contribution is -2.10. The molecule has 0 unspecified atom stereocenters. The monoisotopic (exact) mass is 183 g/mol. The van der Waals surface area contributed by atoms with E-state index in [4.69, 9.17) is 16.3 Å². The highest BCUT2D eigenvalue weighted by Crippen LogP contribution is 1.97. The van der Waals surface area contributed by atoms with Gasteiger partial charge < -0.3 is 4.74 Å². The molecule has 1 aromatic carbocycles. The Kier molecular flexibility index (Phi) is 3.63. The van der Waals surface area contributed by atoms with Gasteiger partial charge in [0.2, 0.25) is 0 Å². The Morgan fingerprint density at radius 2 is 2.09 bits per heavy atom. The smallest absolute Gasteiger partial charge is 0.121 e. The maximum absolute atomic E-state index is 5.37. The third kappa shape index (κ3) is 2.65. The molecule has 0 saturated heterocycles. The van der Waals surface area contributed by atoms with Gasteiger partial charge in [-0.15, -0.1) is 0 Å². The second kappa shape index (κ2) is 4.54. The average molecular weight is 184 g/mol. The summed E-state index contributed by atoms with van der Waals surface area (Å²) in [6.45, 7) is 0.559. The second-order valence-electron chi connectivity index (χ2n) is 2.11. The zero-order chi connectivity index (χ0) is 8.10. The van der Waals surface area contributed by atoms with Gasteiger partial charge in [-0.3, -0.25) is 0 Å². The molecule has 0 aliphatic rings. The van der Waals surface area contributed by atoms with Crippen LogP contribution < -0.4 is 5.19 Å². The van der Waals surface area contributed by atoms with E-state index in [1.807, 2.05) is 24.3 Å². The first kappa shape index (κ1) is 8.78. The molecule has 0 fully saturated rings. The van der Waals surface area contributed by atoms with E-state index in [1.165, 1.54) is 0 Å². The number of hydrogen-bond acceptors (Lipinski definition) is 1. The van der Waals surface area contributed by atoms with Gasteiger partial charge in [0.15, 0.2) is 0 Å². The Morgan fingerprint density at radius 3 is 2.73 bits per heavy atom. The van der Waals surface area contributed by atoms with Gasteiger partial charge in [0, 0.05) is 0 Å². The fourth-order valence-electron chi connectivity index (χ4n) is 0.795. The van der Waals surface area contributed by atoms with Gasteiger partial charge in [-0.25, -0.2) is 0 Å². The van der Waals surface area contributed by atoms with Gasteiger partial charge in [0.25, 0.3) is 0 Å². The van der Waals surface area contributed by atoms with Crippen LogP contribution in [0, 0.1) is 0 Å². The molecule has 0 atom stereocenters. The molecule has 11 heavy (non-hydrogen) atoms. The molecule has 0 aliphatic heterocycles. The van der Waals surface area contributed by atoms with Crippen LogP contribution in [0.2, 0.25) is 0 Å². The van der Waals surface area contributed by atoms with Crippen molar-refractivity contribution in [3.63, 3.8) is 0 Å². The Labute approximate surface area is 74.7 Å². The lowest BCUT2D eigenvalue weighted by atomic mass is 10.2. The Balaban J connectivity index is 2.62. The van der Waals surface area contributed by atoms with Crippen molar-refractivity contribution in [2.75, 3.05) is 6.07 Å². The fraction of sp³-hybridized carbons (Fsp3) is 0.250. The highest BCUT2D eigenvalue weighted by Gasteiger charge is 1.94. The van der Waals surface area contributed by atoms with Crippen molar-refractivity contribution in [1.29, 1.82) is 0 Å². The lowest BCUT2D eigenvalue weighted by molar-refractivity contribution is 0.166. The predicted octanol–water partition coefficient (Wildman–Crippen LogP) is 1.19. The van der Waals surface area contributed by atoms with E-state index in [9.17, 15) is 0 Å². The van der Waals surface area contributed by atoms with Crippen molar-refractivity contribution in [1.82, 2.24) is 0 Å². The van der Waals surface area contributed by atoms with Crippen LogP contribution in [0.3, 0.4) is 0 Å². The molecule has 0 amide bonds. The van der Waals surface area contributed by atoms with Crippen molar-refractivity contribution in [2.24, 2.45) is 0 Å². The molecule has 0 spiro atoms. The van der Waals surface area contributed by atoms with E-state index in [0.717, 1.165) is 10.8 Å². The third-order valence-corrected chi connectivity index (χ3v) is 1.99. The normalized spacial score (nSPS) is 10.0. The summed E-state index contributed by atoms with van der Waals surface area (Å²) in [5.41, 5.74) is 1.12. The van der Waals surface area contributed by atoms with Crippen LogP contribution in [-0.4, -0.2) is 16.3 Å². The maximum Gasteiger partial charge on any atom is 0.121 e. The van der Waals surface area contributed by atoms with E-state index >= 15 is 0 Å². The quantitative estimate of drug-likeness (QED) is 0.506. The van der Waals surface area contributed by atoms with E-state index in [2.05, 4.69) is 10.2 Å². The van der Waals surface area contributed by atoms with E-state index < -0.39 is 0 Å². The van der Waals surface area contributed by atoms with Crippen molar-refractivity contribution >= 4 is 27.0 Å². The van der Waals surface area contributed by atoms with Crippen molar-refractivity contribution in [2.45, 2.75) is 6.61 Å². The summed E-state index contributed by atoms with van der Waals surface area (Å²) >= 11 is 5.37. The van der Waals surface area contributed by atoms with Gasteiger partial charge in [0.1, 0.15) is 6.07 Å². The summed E-state index contributed by atoms with van der Waals surface area (Å²) in [6, 6.07) is 8.14. The van der Waals surface area contributed by atoms with Crippen LogP contribution in [0.5, 0.6) is 0 Å².